The second-order valence-corrected chi connectivity index (χ2v) is 8.04. The molecule has 8 heteroatoms. The van der Waals surface area contributed by atoms with Crippen molar-refractivity contribution in [3.63, 3.8) is 0 Å². The van der Waals surface area contributed by atoms with Gasteiger partial charge in [0.1, 0.15) is 6.20 Å². The number of rotatable bonds is 6. The summed E-state index contributed by atoms with van der Waals surface area (Å²) in [6.45, 7) is 0.308. The topological polar surface area (TPSA) is 99.3 Å². The van der Waals surface area contributed by atoms with E-state index in [4.69, 9.17) is 4.74 Å². The molecule has 0 atom stereocenters. The molecule has 1 N–H and O–H groups in total. The molecule has 0 aliphatic heterocycles. The minimum atomic E-state index is -0.530. The minimum Gasteiger partial charge on any atom is -0.475 e. The van der Waals surface area contributed by atoms with Gasteiger partial charge in [0, 0.05) is 12.0 Å². The van der Waals surface area contributed by atoms with Gasteiger partial charge in [0.05, 0.1) is 18.6 Å². The maximum atomic E-state index is 12.5. The smallest absolute Gasteiger partial charge is 0.350 e. The minimum absolute atomic E-state index is 0.000361. The highest BCUT2D eigenvalue weighted by Gasteiger charge is 2.51. The van der Waals surface area contributed by atoms with E-state index in [9.17, 15) is 14.9 Å². The number of carbonyl (C=O) groups is 1. The van der Waals surface area contributed by atoms with Crippen LogP contribution < -0.4 is 10.1 Å². The number of nitro groups is 1. The molecule has 0 radical (unpaired) electrons. The van der Waals surface area contributed by atoms with E-state index in [1.165, 1.54) is 37.3 Å². The quantitative estimate of drug-likeness (QED) is 0.628. The molecule has 1 heterocycles. The molecule has 0 saturated heterocycles. The molecule has 4 saturated carbocycles. The SMILES string of the molecule is COc1nn(CCC(=O)NC23CC4CC(CC(C4)C2)C3)cc1[N+](=O)[O-]. The predicted molar refractivity (Wildman–Crippen MR) is 89.1 cm³/mol. The van der Waals surface area contributed by atoms with Gasteiger partial charge < -0.3 is 10.1 Å². The first-order chi connectivity index (χ1) is 12.0. The summed E-state index contributed by atoms with van der Waals surface area (Å²) in [6.07, 6.45) is 8.95. The van der Waals surface area contributed by atoms with Gasteiger partial charge in [-0.3, -0.25) is 19.6 Å². The molecule has 0 aromatic carbocycles. The number of amides is 1. The van der Waals surface area contributed by atoms with Crippen LogP contribution in [0.25, 0.3) is 0 Å². The van der Waals surface area contributed by atoms with E-state index in [1.807, 2.05) is 0 Å². The van der Waals surface area contributed by atoms with Crippen molar-refractivity contribution in [3.8, 4) is 5.88 Å². The van der Waals surface area contributed by atoms with Gasteiger partial charge >= 0.3 is 11.6 Å². The zero-order valence-electron chi connectivity index (χ0n) is 14.4. The molecule has 0 unspecified atom stereocenters. The van der Waals surface area contributed by atoms with Crippen molar-refractivity contribution in [1.29, 1.82) is 0 Å². The Morgan fingerprint density at radius 1 is 1.36 bits per heavy atom. The molecule has 4 fully saturated rings. The summed E-state index contributed by atoms with van der Waals surface area (Å²) in [5.74, 6) is 2.34. The fraction of sp³-hybridized carbons (Fsp3) is 0.765. The fourth-order valence-electron chi connectivity index (χ4n) is 5.62. The van der Waals surface area contributed by atoms with Gasteiger partial charge in [-0.15, -0.1) is 5.10 Å². The zero-order valence-corrected chi connectivity index (χ0v) is 14.4. The molecular weight excluding hydrogens is 324 g/mol. The van der Waals surface area contributed by atoms with E-state index in [-0.39, 0.29) is 29.4 Å². The molecule has 1 amide bonds. The Bertz CT molecular complexity index is 664. The summed E-state index contributed by atoms with van der Waals surface area (Å²) in [6, 6.07) is 0. The largest absolute Gasteiger partial charge is 0.475 e. The third-order valence-corrected chi connectivity index (χ3v) is 6.11. The van der Waals surface area contributed by atoms with Crippen LogP contribution in [-0.2, 0) is 11.3 Å². The summed E-state index contributed by atoms with van der Waals surface area (Å²) < 4.78 is 6.32. The van der Waals surface area contributed by atoms with Crippen LogP contribution in [0.5, 0.6) is 5.88 Å². The van der Waals surface area contributed by atoms with Gasteiger partial charge in [-0.05, 0) is 56.3 Å². The first kappa shape index (κ1) is 16.4. The molecule has 8 nitrogen and oxygen atoms in total. The Morgan fingerprint density at radius 3 is 2.44 bits per heavy atom. The van der Waals surface area contributed by atoms with E-state index in [2.05, 4.69) is 10.4 Å². The van der Waals surface area contributed by atoms with Crippen LogP contribution in [0.15, 0.2) is 6.20 Å². The molecule has 4 aliphatic carbocycles. The van der Waals surface area contributed by atoms with Gasteiger partial charge in [-0.1, -0.05) is 0 Å². The first-order valence-corrected chi connectivity index (χ1v) is 9.03. The number of ether oxygens (including phenoxy) is 1. The molecular formula is C17H24N4O4. The summed E-state index contributed by atoms with van der Waals surface area (Å²) >= 11 is 0. The number of nitrogens with zero attached hydrogens (tertiary/aromatic N) is 3. The summed E-state index contributed by atoms with van der Waals surface area (Å²) in [7, 11) is 1.35. The van der Waals surface area contributed by atoms with E-state index in [1.54, 1.807) is 0 Å². The van der Waals surface area contributed by atoms with Crippen molar-refractivity contribution >= 4 is 11.6 Å². The number of nitrogens with one attached hydrogen (secondary N) is 1. The Labute approximate surface area is 146 Å². The first-order valence-electron chi connectivity index (χ1n) is 9.03. The normalized spacial score (nSPS) is 32.6. The summed E-state index contributed by atoms with van der Waals surface area (Å²) in [5, 5.41) is 18.3. The van der Waals surface area contributed by atoms with Gasteiger partial charge in [-0.25, -0.2) is 0 Å². The second kappa shape index (κ2) is 6.00. The van der Waals surface area contributed by atoms with Crippen LogP contribution in [0.1, 0.15) is 44.9 Å². The lowest BCUT2D eigenvalue weighted by molar-refractivity contribution is -0.385. The lowest BCUT2D eigenvalue weighted by Gasteiger charge is -2.56. The Balaban J connectivity index is 1.36. The molecule has 4 aliphatic rings. The highest BCUT2D eigenvalue weighted by molar-refractivity contribution is 5.76. The van der Waals surface area contributed by atoms with Crippen LogP contribution in [0.2, 0.25) is 0 Å². The average Bonchev–Trinajstić information content (AvgIpc) is 2.95. The van der Waals surface area contributed by atoms with Crippen LogP contribution in [0.3, 0.4) is 0 Å². The number of carbonyl (C=O) groups excluding carboxylic acids is 1. The van der Waals surface area contributed by atoms with Crippen molar-refractivity contribution in [1.82, 2.24) is 15.1 Å². The molecule has 25 heavy (non-hydrogen) atoms. The highest BCUT2D eigenvalue weighted by Crippen LogP contribution is 2.55. The number of hydrogen-bond donors (Lipinski definition) is 1. The summed E-state index contributed by atoms with van der Waals surface area (Å²) in [4.78, 5) is 22.9. The standard InChI is InChI=1S/C17H24N4O4/c1-25-16-14(21(23)24)10-20(19-16)3-2-15(22)18-17-7-11-4-12(8-17)6-13(5-11)9-17/h10-13H,2-9H2,1H3,(H,18,22). The van der Waals surface area contributed by atoms with Crippen molar-refractivity contribution in [2.75, 3.05) is 7.11 Å². The van der Waals surface area contributed by atoms with Crippen LogP contribution in [0.4, 0.5) is 5.69 Å². The van der Waals surface area contributed by atoms with Crippen LogP contribution in [-0.4, -0.2) is 33.3 Å². The van der Waals surface area contributed by atoms with E-state index in [0.29, 0.717) is 6.54 Å². The third kappa shape index (κ3) is 3.09. The molecule has 0 spiro atoms. The number of hydrogen-bond acceptors (Lipinski definition) is 5. The Hall–Kier alpha value is -2.12. The van der Waals surface area contributed by atoms with E-state index >= 15 is 0 Å². The lowest BCUT2D eigenvalue weighted by Crippen LogP contribution is -2.59. The van der Waals surface area contributed by atoms with Crippen LogP contribution >= 0.6 is 0 Å². The van der Waals surface area contributed by atoms with Gasteiger partial charge in [-0.2, -0.15) is 0 Å². The van der Waals surface area contributed by atoms with Gasteiger partial charge in [0.2, 0.25) is 5.91 Å². The molecule has 4 bridgehead atoms. The summed E-state index contributed by atoms with van der Waals surface area (Å²) in [5.41, 5.74) is -0.177. The maximum Gasteiger partial charge on any atom is 0.350 e. The van der Waals surface area contributed by atoms with Crippen molar-refractivity contribution in [2.45, 2.75) is 57.0 Å². The van der Waals surface area contributed by atoms with E-state index < -0.39 is 4.92 Å². The van der Waals surface area contributed by atoms with Crippen molar-refractivity contribution in [2.24, 2.45) is 17.8 Å². The predicted octanol–water partition coefficient (Wildman–Crippen LogP) is 2.27. The zero-order chi connectivity index (χ0) is 17.6. The second-order valence-electron chi connectivity index (χ2n) is 8.04. The average molecular weight is 348 g/mol. The molecule has 5 rings (SSSR count). The Kier molecular flexibility index (Phi) is 3.92. The molecule has 1 aromatic heterocycles. The van der Waals surface area contributed by atoms with Crippen molar-refractivity contribution in [3.05, 3.63) is 16.3 Å². The van der Waals surface area contributed by atoms with Gasteiger partial charge in [0.25, 0.3) is 0 Å². The van der Waals surface area contributed by atoms with Crippen molar-refractivity contribution < 1.29 is 14.5 Å². The lowest BCUT2D eigenvalue weighted by atomic mass is 9.53. The van der Waals surface area contributed by atoms with Gasteiger partial charge in [0.15, 0.2) is 0 Å². The molecule has 136 valence electrons. The van der Waals surface area contributed by atoms with Crippen LogP contribution in [0, 0.1) is 27.9 Å². The highest BCUT2D eigenvalue weighted by atomic mass is 16.6. The fourth-order valence-corrected chi connectivity index (χ4v) is 5.62. The number of methoxy groups -OCH3 is 1. The third-order valence-electron chi connectivity index (χ3n) is 6.11. The number of aryl methyl sites for hydroxylation is 1. The Morgan fingerprint density at radius 2 is 1.96 bits per heavy atom. The molecule has 1 aromatic rings. The monoisotopic (exact) mass is 348 g/mol. The van der Waals surface area contributed by atoms with E-state index in [0.717, 1.165) is 37.0 Å². The number of aromatic nitrogens is 2. The maximum absolute atomic E-state index is 12.5.